The van der Waals surface area contributed by atoms with E-state index in [-0.39, 0.29) is 0 Å². The monoisotopic (exact) mass is 215 g/mol. The maximum atomic E-state index is 8.89. The van der Waals surface area contributed by atoms with Crippen molar-refractivity contribution < 1.29 is 5.21 Å². The van der Waals surface area contributed by atoms with E-state index in [1.54, 1.807) is 0 Å². The van der Waals surface area contributed by atoms with Crippen LogP contribution in [0.1, 0.15) is 37.3 Å². The normalized spacial score (nSPS) is 10.8. The zero-order valence-electron chi connectivity index (χ0n) is 9.83. The lowest BCUT2D eigenvalue weighted by molar-refractivity contribution is 0.320. The van der Waals surface area contributed by atoms with Crippen molar-refractivity contribution in [1.29, 1.82) is 0 Å². The van der Waals surface area contributed by atoms with Crippen LogP contribution in [0.2, 0.25) is 0 Å². The molecule has 0 amide bonds. The van der Waals surface area contributed by atoms with Gasteiger partial charge in [0.2, 0.25) is 0 Å². The predicted molar refractivity (Wildman–Crippen MR) is 66.8 cm³/mol. The number of aryl methyl sites for hydroxylation is 1. The van der Waals surface area contributed by atoms with E-state index < -0.39 is 0 Å². The van der Waals surface area contributed by atoms with E-state index in [4.69, 9.17) is 5.21 Å². The lowest BCUT2D eigenvalue weighted by Crippen LogP contribution is -1.97. The molecule has 1 aromatic rings. The Balaban J connectivity index is 2.74. The van der Waals surface area contributed by atoms with Gasteiger partial charge in [0.05, 0.1) is 0 Å². The summed E-state index contributed by atoms with van der Waals surface area (Å²) in [5.41, 5.74) is 2.48. The van der Waals surface area contributed by atoms with Gasteiger partial charge in [-0.2, -0.15) is 0 Å². The van der Waals surface area contributed by atoms with Crippen LogP contribution in [0.4, 0.5) is 0 Å². The van der Waals surface area contributed by atoms with Gasteiger partial charge in [-0.1, -0.05) is 54.2 Å². The molecule has 0 aliphatic carbocycles. The fraction of sp³-hybridized carbons (Fsp3) is 0.357. The third-order valence-corrected chi connectivity index (χ3v) is 2.29. The van der Waals surface area contributed by atoms with Crippen molar-refractivity contribution in [2.24, 2.45) is 5.16 Å². The van der Waals surface area contributed by atoms with Gasteiger partial charge in [0.25, 0.3) is 0 Å². The van der Waals surface area contributed by atoms with Gasteiger partial charge in [0, 0.05) is 12.0 Å². The largest absolute Gasteiger partial charge is 0.410 e. The van der Waals surface area contributed by atoms with Gasteiger partial charge in [-0.15, -0.1) is 0 Å². The van der Waals surface area contributed by atoms with Crippen molar-refractivity contribution in [3.8, 4) is 11.8 Å². The summed E-state index contributed by atoms with van der Waals surface area (Å²) in [6.45, 7) is 4.15. The quantitative estimate of drug-likeness (QED) is 0.271. The van der Waals surface area contributed by atoms with Crippen molar-refractivity contribution >= 4 is 5.71 Å². The van der Waals surface area contributed by atoms with Gasteiger partial charge in [0.15, 0.2) is 5.71 Å². The Kier molecular flexibility index (Phi) is 5.15. The average Bonchev–Trinajstić information content (AvgIpc) is 2.31. The molecule has 0 bridgehead atoms. The second-order valence-corrected chi connectivity index (χ2v) is 3.72. The van der Waals surface area contributed by atoms with Crippen molar-refractivity contribution in [3.05, 3.63) is 35.4 Å². The van der Waals surface area contributed by atoms with E-state index in [1.807, 2.05) is 31.2 Å². The van der Waals surface area contributed by atoms with Crippen molar-refractivity contribution in [2.75, 3.05) is 0 Å². The molecular weight excluding hydrogens is 198 g/mol. The smallest absolute Gasteiger partial charge is 0.159 e. The summed E-state index contributed by atoms with van der Waals surface area (Å²) in [5, 5.41) is 12.1. The Morgan fingerprint density at radius 3 is 2.56 bits per heavy atom. The molecule has 0 heterocycles. The number of rotatable bonds is 3. The predicted octanol–water partition coefficient (Wildman–Crippen LogP) is 3.37. The molecule has 0 saturated heterocycles. The molecule has 2 nitrogen and oxygen atoms in total. The second-order valence-electron chi connectivity index (χ2n) is 3.72. The molecule has 2 heteroatoms. The number of benzene rings is 1. The van der Waals surface area contributed by atoms with Crippen molar-refractivity contribution in [2.45, 2.75) is 33.1 Å². The summed E-state index contributed by atoms with van der Waals surface area (Å²) in [6, 6.07) is 7.79. The highest BCUT2D eigenvalue weighted by Gasteiger charge is 1.99. The van der Waals surface area contributed by atoms with Crippen molar-refractivity contribution in [1.82, 2.24) is 0 Å². The summed E-state index contributed by atoms with van der Waals surface area (Å²) in [4.78, 5) is 0. The third-order valence-electron chi connectivity index (χ3n) is 2.29. The van der Waals surface area contributed by atoms with Crippen LogP contribution in [-0.2, 0) is 0 Å². The minimum atomic E-state index is 0.441. The van der Waals surface area contributed by atoms with E-state index in [1.165, 1.54) is 5.56 Å². The molecule has 0 radical (unpaired) electrons. The summed E-state index contributed by atoms with van der Waals surface area (Å²) in [7, 11) is 0. The Labute approximate surface area is 97.0 Å². The summed E-state index contributed by atoms with van der Waals surface area (Å²) >= 11 is 0. The minimum absolute atomic E-state index is 0.441. The lowest BCUT2D eigenvalue weighted by atomic mass is 10.1. The van der Waals surface area contributed by atoms with Crippen LogP contribution >= 0.6 is 0 Å². The maximum Gasteiger partial charge on any atom is 0.159 e. The van der Waals surface area contributed by atoms with Gasteiger partial charge in [0.1, 0.15) is 0 Å². The highest BCUT2D eigenvalue weighted by molar-refractivity contribution is 6.12. The number of hydrogen-bond acceptors (Lipinski definition) is 2. The standard InChI is InChI=1S/C14H17NO/c1-3-4-5-6-7-14(15-16)13-10-8-12(2)9-11-13/h8-11,16H,3-5H2,1-2H3. The van der Waals surface area contributed by atoms with E-state index >= 15 is 0 Å². The maximum absolute atomic E-state index is 8.89. The van der Waals surface area contributed by atoms with Gasteiger partial charge < -0.3 is 5.21 Å². The molecule has 1 aromatic carbocycles. The molecule has 1 rings (SSSR count). The molecule has 1 N–H and O–H groups in total. The third kappa shape index (κ3) is 3.78. The number of unbranched alkanes of at least 4 members (excludes halogenated alkanes) is 2. The van der Waals surface area contributed by atoms with E-state index in [2.05, 4.69) is 23.9 Å². The molecule has 0 atom stereocenters. The van der Waals surface area contributed by atoms with Gasteiger partial charge >= 0.3 is 0 Å². The van der Waals surface area contributed by atoms with Crippen LogP contribution in [0.5, 0.6) is 0 Å². The fourth-order valence-electron chi connectivity index (χ4n) is 1.28. The number of nitrogens with zero attached hydrogens (tertiary/aromatic N) is 1. The van der Waals surface area contributed by atoms with Gasteiger partial charge in [-0.3, -0.25) is 0 Å². The average molecular weight is 215 g/mol. The fourth-order valence-corrected chi connectivity index (χ4v) is 1.28. The zero-order chi connectivity index (χ0) is 11.8. The molecule has 0 fully saturated rings. The molecule has 0 spiro atoms. The number of oxime groups is 1. The zero-order valence-corrected chi connectivity index (χ0v) is 9.83. The minimum Gasteiger partial charge on any atom is -0.410 e. The van der Waals surface area contributed by atoms with Crippen molar-refractivity contribution in [3.63, 3.8) is 0 Å². The first-order valence-electron chi connectivity index (χ1n) is 5.56. The van der Waals surface area contributed by atoms with Gasteiger partial charge in [-0.05, 0) is 19.3 Å². The molecule has 0 saturated carbocycles. The Morgan fingerprint density at radius 2 is 2.00 bits per heavy atom. The van der Waals surface area contributed by atoms with E-state index in [0.717, 1.165) is 24.8 Å². The highest BCUT2D eigenvalue weighted by atomic mass is 16.4. The Bertz CT molecular complexity index is 407. The summed E-state index contributed by atoms with van der Waals surface area (Å²) in [6.07, 6.45) is 3.06. The molecule has 16 heavy (non-hydrogen) atoms. The first-order valence-corrected chi connectivity index (χ1v) is 5.56. The topological polar surface area (TPSA) is 32.6 Å². The van der Waals surface area contributed by atoms with Crippen LogP contribution in [0.3, 0.4) is 0 Å². The summed E-state index contributed by atoms with van der Waals surface area (Å²) < 4.78 is 0. The molecule has 84 valence electrons. The first kappa shape index (κ1) is 12.3. The van der Waals surface area contributed by atoms with Gasteiger partial charge in [-0.25, -0.2) is 0 Å². The molecule has 0 aliphatic rings. The molecule has 0 aliphatic heterocycles. The highest BCUT2D eigenvalue weighted by Crippen LogP contribution is 2.04. The Morgan fingerprint density at radius 1 is 1.31 bits per heavy atom. The molecule has 0 unspecified atom stereocenters. The number of hydrogen-bond donors (Lipinski definition) is 1. The first-order chi connectivity index (χ1) is 7.77. The van der Waals surface area contributed by atoms with Crippen LogP contribution < -0.4 is 0 Å². The SMILES string of the molecule is CCCCC#CC(=NO)c1ccc(C)cc1. The van der Waals surface area contributed by atoms with Crippen LogP contribution in [0, 0.1) is 18.8 Å². The van der Waals surface area contributed by atoms with Crippen LogP contribution in [-0.4, -0.2) is 10.9 Å². The molecular formula is C14H17NO. The lowest BCUT2D eigenvalue weighted by Gasteiger charge is -1.97. The van der Waals surface area contributed by atoms with E-state index in [9.17, 15) is 0 Å². The Hall–Kier alpha value is -1.75. The van der Waals surface area contributed by atoms with Crippen LogP contribution in [0.25, 0.3) is 0 Å². The second kappa shape index (κ2) is 6.68. The van der Waals surface area contributed by atoms with Crippen LogP contribution in [0.15, 0.2) is 29.4 Å². The van der Waals surface area contributed by atoms with E-state index in [0.29, 0.717) is 5.71 Å². The summed E-state index contributed by atoms with van der Waals surface area (Å²) in [5.74, 6) is 5.90. The molecule has 0 aromatic heterocycles.